The number of benzene rings is 3. The molecule has 2 nitrogen and oxygen atoms in total. The monoisotopic (exact) mass is 388 g/mol. The Morgan fingerprint density at radius 3 is 1.86 bits per heavy atom. The molecule has 3 rings (SSSR count). The van der Waals surface area contributed by atoms with Crippen LogP contribution in [0.15, 0.2) is 91.0 Å². The van der Waals surface area contributed by atoms with Crippen LogP contribution in [0.1, 0.15) is 28.7 Å². The molecule has 140 valence electrons. The number of rotatable bonds is 7. The second kappa shape index (κ2) is 9.72. The summed E-state index contributed by atoms with van der Waals surface area (Å²) in [6.45, 7) is 0. The van der Waals surface area contributed by atoms with Gasteiger partial charge in [0.2, 0.25) is 0 Å². The number of carboxylic acids is 1. The van der Waals surface area contributed by atoms with Crippen LogP contribution in [-0.2, 0) is 4.79 Å². The molecule has 0 unspecified atom stereocenters. The maximum Gasteiger partial charge on any atom is 0.328 e. The minimum Gasteiger partial charge on any atom is -0.478 e. The van der Waals surface area contributed by atoms with Gasteiger partial charge in [-0.2, -0.15) is 0 Å². The van der Waals surface area contributed by atoms with Crippen LogP contribution < -0.4 is 0 Å². The number of halogens is 1. The number of carboxylic acid groups (broad SMARTS) is 1. The van der Waals surface area contributed by atoms with E-state index < -0.39 is 5.97 Å². The smallest absolute Gasteiger partial charge is 0.328 e. The Morgan fingerprint density at radius 1 is 0.786 bits per heavy atom. The van der Waals surface area contributed by atoms with Crippen LogP contribution in [0, 0.1) is 0 Å². The van der Waals surface area contributed by atoms with Crippen molar-refractivity contribution >= 4 is 34.8 Å². The zero-order valence-electron chi connectivity index (χ0n) is 15.4. The number of hydrogen-bond donors (Lipinski definition) is 1. The highest BCUT2D eigenvalue weighted by Gasteiger charge is 2.13. The Labute approximate surface area is 170 Å². The molecule has 0 saturated carbocycles. The Bertz CT molecular complexity index is 972. The van der Waals surface area contributed by atoms with Gasteiger partial charge in [0.1, 0.15) is 0 Å². The molecule has 0 heterocycles. The van der Waals surface area contributed by atoms with Gasteiger partial charge in [0.05, 0.1) is 0 Å². The van der Waals surface area contributed by atoms with Crippen molar-refractivity contribution in [3.8, 4) is 0 Å². The van der Waals surface area contributed by atoms with E-state index in [1.54, 1.807) is 6.08 Å². The number of hydrogen-bond acceptors (Lipinski definition) is 1. The summed E-state index contributed by atoms with van der Waals surface area (Å²) in [6, 6.07) is 28.5. The van der Waals surface area contributed by atoms with Crippen LogP contribution in [-0.4, -0.2) is 17.0 Å². The average Bonchev–Trinajstić information content (AvgIpc) is 2.74. The fourth-order valence-electron chi connectivity index (χ4n) is 3.20. The Balaban J connectivity index is 2.16. The molecule has 0 atom stereocenters. The van der Waals surface area contributed by atoms with Crippen molar-refractivity contribution in [3.05, 3.63) is 113 Å². The quantitative estimate of drug-likeness (QED) is 0.290. The van der Waals surface area contributed by atoms with Crippen LogP contribution in [0.25, 0.3) is 17.2 Å². The minimum atomic E-state index is -0.956. The van der Waals surface area contributed by atoms with E-state index in [2.05, 4.69) is 24.3 Å². The van der Waals surface area contributed by atoms with Crippen molar-refractivity contribution in [1.82, 2.24) is 0 Å². The topological polar surface area (TPSA) is 37.3 Å². The summed E-state index contributed by atoms with van der Waals surface area (Å²) < 4.78 is 0. The molecular formula is C25H21ClO2. The van der Waals surface area contributed by atoms with Gasteiger partial charge in [0, 0.05) is 12.0 Å². The summed E-state index contributed by atoms with van der Waals surface area (Å²) in [7, 11) is 0. The lowest BCUT2D eigenvalue weighted by atomic mass is 9.88. The maximum atomic E-state index is 10.7. The number of allylic oxidation sites excluding steroid dienone is 1. The van der Waals surface area contributed by atoms with Crippen molar-refractivity contribution in [2.75, 3.05) is 5.88 Å². The van der Waals surface area contributed by atoms with Gasteiger partial charge in [-0.25, -0.2) is 4.79 Å². The number of alkyl halides is 1. The molecule has 3 heteroatoms. The molecule has 0 aliphatic heterocycles. The van der Waals surface area contributed by atoms with Crippen LogP contribution >= 0.6 is 11.6 Å². The maximum absolute atomic E-state index is 10.7. The molecule has 0 aliphatic carbocycles. The van der Waals surface area contributed by atoms with Gasteiger partial charge >= 0.3 is 5.97 Å². The summed E-state index contributed by atoms with van der Waals surface area (Å²) in [5.74, 6) is -0.428. The second-order valence-corrected chi connectivity index (χ2v) is 6.70. The highest BCUT2D eigenvalue weighted by molar-refractivity contribution is 6.18. The van der Waals surface area contributed by atoms with Gasteiger partial charge in [-0.05, 0) is 45.9 Å². The zero-order valence-corrected chi connectivity index (χ0v) is 16.1. The fraction of sp³-hybridized carbons (Fsp3) is 0.0800. The molecule has 3 aromatic rings. The fourth-order valence-corrected chi connectivity index (χ4v) is 3.38. The molecule has 3 aromatic carbocycles. The van der Waals surface area contributed by atoms with E-state index in [0.29, 0.717) is 5.88 Å². The second-order valence-electron chi connectivity index (χ2n) is 6.32. The van der Waals surface area contributed by atoms with Gasteiger partial charge in [-0.3, -0.25) is 0 Å². The normalized spacial score (nSPS) is 12.0. The molecule has 0 saturated heterocycles. The summed E-state index contributed by atoms with van der Waals surface area (Å²) in [5, 5.41) is 8.82. The van der Waals surface area contributed by atoms with Gasteiger partial charge in [-0.15, -0.1) is 11.6 Å². The molecule has 0 radical (unpaired) electrons. The summed E-state index contributed by atoms with van der Waals surface area (Å²) >= 11 is 6.16. The lowest BCUT2D eigenvalue weighted by Crippen LogP contribution is -1.96. The largest absolute Gasteiger partial charge is 0.478 e. The van der Waals surface area contributed by atoms with E-state index in [0.717, 1.165) is 40.3 Å². The number of carbonyl (C=O) groups is 1. The molecule has 0 amide bonds. The third-order valence-electron chi connectivity index (χ3n) is 4.45. The van der Waals surface area contributed by atoms with E-state index in [1.807, 2.05) is 60.7 Å². The van der Waals surface area contributed by atoms with E-state index in [-0.39, 0.29) is 0 Å². The third kappa shape index (κ3) is 4.99. The predicted octanol–water partition coefficient (Wildman–Crippen LogP) is 6.37. The first-order chi connectivity index (χ1) is 13.7. The highest BCUT2D eigenvalue weighted by Crippen LogP contribution is 2.34. The number of aliphatic carboxylic acids is 1. The lowest BCUT2D eigenvalue weighted by molar-refractivity contribution is -0.131. The third-order valence-corrected chi connectivity index (χ3v) is 4.64. The molecule has 28 heavy (non-hydrogen) atoms. The van der Waals surface area contributed by atoms with Crippen LogP contribution in [0.4, 0.5) is 0 Å². The summed E-state index contributed by atoms with van der Waals surface area (Å²) in [4.78, 5) is 10.7. The molecule has 0 bridgehead atoms. The Morgan fingerprint density at radius 2 is 1.32 bits per heavy atom. The lowest BCUT2D eigenvalue weighted by Gasteiger charge is -2.17. The molecule has 0 aliphatic rings. The average molecular weight is 389 g/mol. The summed E-state index contributed by atoms with van der Waals surface area (Å²) in [6.07, 6.45) is 3.48. The molecule has 1 N–H and O–H groups in total. The summed E-state index contributed by atoms with van der Waals surface area (Å²) in [5.41, 5.74) is 6.52. The van der Waals surface area contributed by atoms with Crippen LogP contribution in [0.5, 0.6) is 0 Å². The first kappa shape index (κ1) is 19.7. The first-order valence-corrected chi connectivity index (χ1v) is 9.64. The molecule has 0 spiro atoms. The van der Waals surface area contributed by atoms with E-state index in [9.17, 15) is 4.79 Å². The van der Waals surface area contributed by atoms with Crippen molar-refractivity contribution in [3.63, 3.8) is 0 Å². The van der Waals surface area contributed by atoms with Gasteiger partial charge in [0.15, 0.2) is 0 Å². The minimum absolute atomic E-state index is 0.528. The zero-order chi connectivity index (χ0) is 19.8. The first-order valence-electron chi connectivity index (χ1n) is 9.10. The van der Waals surface area contributed by atoms with E-state index in [4.69, 9.17) is 16.7 Å². The van der Waals surface area contributed by atoms with Crippen molar-refractivity contribution < 1.29 is 9.90 Å². The van der Waals surface area contributed by atoms with E-state index >= 15 is 0 Å². The van der Waals surface area contributed by atoms with Crippen LogP contribution in [0.2, 0.25) is 0 Å². The van der Waals surface area contributed by atoms with E-state index in [1.165, 1.54) is 5.57 Å². The highest BCUT2D eigenvalue weighted by atomic mass is 35.5. The molecule has 0 fully saturated rings. The van der Waals surface area contributed by atoms with Crippen LogP contribution in [0.3, 0.4) is 0 Å². The molecular weight excluding hydrogens is 368 g/mol. The van der Waals surface area contributed by atoms with Gasteiger partial charge < -0.3 is 5.11 Å². The Kier molecular flexibility index (Phi) is 6.83. The van der Waals surface area contributed by atoms with Crippen molar-refractivity contribution in [1.29, 1.82) is 0 Å². The van der Waals surface area contributed by atoms with Gasteiger partial charge in [-0.1, -0.05) is 84.9 Å². The van der Waals surface area contributed by atoms with Crippen molar-refractivity contribution in [2.45, 2.75) is 6.42 Å². The van der Waals surface area contributed by atoms with Crippen molar-refractivity contribution in [2.24, 2.45) is 0 Å². The van der Waals surface area contributed by atoms with Gasteiger partial charge in [0.25, 0.3) is 0 Å². The predicted molar refractivity (Wildman–Crippen MR) is 117 cm³/mol. The Hall–Kier alpha value is -3.10. The SMILES string of the molecule is O=C(O)/C=C/c1ccc(/C(=C(/CCCl)c2ccccc2)c2ccccc2)cc1. The standard InChI is InChI=1S/C25H21ClO2/c26-18-17-23(20-7-3-1-4-8-20)25(21-9-5-2-6-10-21)22-14-11-19(12-15-22)13-16-24(27)28/h1-16H,17-18H2,(H,27,28)/b16-13+,25-23-. The molecule has 0 aromatic heterocycles.